The van der Waals surface area contributed by atoms with Gasteiger partial charge in [-0.3, -0.25) is 0 Å². The molecule has 0 unspecified atom stereocenters. The fraction of sp³-hybridized carbons (Fsp3) is 0.625. The zero-order chi connectivity index (χ0) is 23.4. The lowest BCUT2D eigenvalue weighted by molar-refractivity contribution is 0.389. The number of hydrogen-bond acceptors (Lipinski definition) is 1. The predicted molar refractivity (Wildman–Crippen MR) is 147 cm³/mol. The van der Waals surface area contributed by atoms with Gasteiger partial charge in [-0.05, 0) is 63.4 Å². The van der Waals surface area contributed by atoms with Crippen LogP contribution in [-0.4, -0.2) is 25.5 Å². The molecule has 2 rings (SSSR count). The summed E-state index contributed by atoms with van der Waals surface area (Å²) in [4.78, 5) is 2.30. The second kappa shape index (κ2) is 18.8. The van der Waals surface area contributed by atoms with Crippen LogP contribution in [0.3, 0.4) is 0 Å². The normalized spacial score (nSPS) is 11.5. The third-order valence-electron chi connectivity index (χ3n) is 6.95. The largest absolute Gasteiger partial charge is 0.309 e. The van der Waals surface area contributed by atoms with Gasteiger partial charge in [-0.2, -0.15) is 0 Å². The lowest BCUT2D eigenvalue weighted by Gasteiger charge is -2.17. The molecule has 0 heterocycles. The van der Waals surface area contributed by atoms with Crippen LogP contribution in [0.5, 0.6) is 0 Å². The molecule has 184 valence electrons. The maximum atomic E-state index is 2.30. The number of rotatable bonds is 20. The first-order valence-electron chi connectivity index (χ1n) is 14.0. The molecule has 1 heteroatoms. The highest BCUT2D eigenvalue weighted by molar-refractivity contribution is 5.18. The minimum absolute atomic E-state index is 0.762. The van der Waals surface area contributed by atoms with Gasteiger partial charge in [0, 0.05) is 0 Å². The SMILES string of the molecule is CN(C)CCCCCCCCCCCCCCCC(Cc1ccccc1)Cc1ccccc1. The summed E-state index contributed by atoms with van der Waals surface area (Å²) in [5, 5.41) is 0. The Balaban J connectivity index is 1.48. The van der Waals surface area contributed by atoms with Gasteiger partial charge in [0.2, 0.25) is 0 Å². The van der Waals surface area contributed by atoms with Crippen molar-refractivity contribution in [2.75, 3.05) is 20.6 Å². The van der Waals surface area contributed by atoms with E-state index >= 15 is 0 Å². The van der Waals surface area contributed by atoms with Crippen LogP contribution in [0.1, 0.15) is 101 Å². The molecule has 0 bridgehead atoms. The Hall–Kier alpha value is -1.60. The predicted octanol–water partition coefficient (Wildman–Crippen LogP) is 9.11. The Labute approximate surface area is 206 Å². The number of nitrogens with zero attached hydrogens (tertiary/aromatic N) is 1. The number of unbranched alkanes of at least 4 members (excludes halogenated alkanes) is 12. The second-order valence-corrected chi connectivity index (χ2v) is 10.4. The van der Waals surface area contributed by atoms with E-state index in [1.54, 1.807) is 0 Å². The summed E-state index contributed by atoms with van der Waals surface area (Å²) in [7, 11) is 4.35. The van der Waals surface area contributed by atoms with Crippen LogP contribution in [0, 0.1) is 5.92 Å². The average Bonchev–Trinajstić information content (AvgIpc) is 2.82. The van der Waals surface area contributed by atoms with Crippen LogP contribution in [0.4, 0.5) is 0 Å². The molecule has 0 aromatic heterocycles. The van der Waals surface area contributed by atoms with Gasteiger partial charge >= 0.3 is 0 Å². The molecule has 0 radical (unpaired) electrons. The van der Waals surface area contributed by atoms with E-state index in [0.717, 1.165) is 5.92 Å². The monoisotopic (exact) mass is 449 g/mol. The quantitative estimate of drug-likeness (QED) is 0.182. The van der Waals surface area contributed by atoms with Crippen molar-refractivity contribution in [3.05, 3.63) is 71.8 Å². The molecule has 0 aliphatic rings. The van der Waals surface area contributed by atoms with Crippen LogP contribution < -0.4 is 0 Å². The lowest BCUT2D eigenvalue weighted by Crippen LogP contribution is -2.12. The van der Waals surface area contributed by atoms with Gasteiger partial charge in [0.05, 0.1) is 0 Å². The van der Waals surface area contributed by atoms with Gasteiger partial charge < -0.3 is 4.90 Å². The highest BCUT2D eigenvalue weighted by atomic mass is 15.0. The van der Waals surface area contributed by atoms with E-state index in [-0.39, 0.29) is 0 Å². The summed E-state index contributed by atoms with van der Waals surface area (Å²) in [6, 6.07) is 22.2. The first-order valence-corrected chi connectivity index (χ1v) is 14.0. The maximum absolute atomic E-state index is 2.30. The van der Waals surface area contributed by atoms with E-state index < -0.39 is 0 Å². The fourth-order valence-corrected chi connectivity index (χ4v) is 4.98. The van der Waals surface area contributed by atoms with Crippen LogP contribution >= 0.6 is 0 Å². The molecule has 0 aliphatic heterocycles. The molecule has 0 spiro atoms. The van der Waals surface area contributed by atoms with Gasteiger partial charge in [-0.25, -0.2) is 0 Å². The standard InChI is InChI=1S/C32H51N/c1-33(2)27-21-13-11-9-7-5-3-4-6-8-10-12-16-26-32(28-30-22-17-14-18-23-30)29-31-24-19-15-20-25-31/h14-15,17-20,22-25,32H,3-13,16,21,26-29H2,1-2H3. The lowest BCUT2D eigenvalue weighted by atomic mass is 9.88. The van der Waals surface area contributed by atoms with Crippen molar-refractivity contribution in [1.29, 1.82) is 0 Å². The summed E-state index contributed by atoms with van der Waals surface area (Å²) >= 11 is 0. The summed E-state index contributed by atoms with van der Waals surface area (Å²) in [6.45, 7) is 1.25. The van der Waals surface area contributed by atoms with E-state index in [1.165, 1.54) is 120 Å². The van der Waals surface area contributed by atoms with Gasteiger partial charge in [-0.15, -0.1) is 0 Å². The Morgan fingerprint density at radius 1 is 0.485 bits per heavy atom. The minimum Gasteiger partial charge on any atom is -0.309 e. The van der Waals surface area contributed by atoms with Gasteiger partial charge in [-0.1, -0.05) is 138 Å². The van der Waals surface area contributed by atoms with Crippen molar-refractivity contribution < 1.29 is 0 Å². The van der Waals surface area contributed by atoms with Crippen LogP contribution in [0.25, 0.3) is 0 Å². The van der Waals surface area contributed by atoms with Crippen molar-refractivity contribution in [1.82, 2.24) is 4.90 Å². The van der Waals surface area contributed by atoms with E-state index in [4.69, 9.17) is 0 Å². The van der Waals surface area contributed by atoms with E-state index in [1.807, 2.05) is 0 Å². The first-order chi connectivity index (χ1) is 16.2. The molecule has 2 aromatic carbocycles. The number of hydrogen-bond donors (Lipinski definition) is 0. The van der Waals surface area contributed by atoms with E-state index in [9.17, 15) is 0 Å². The third-order valence-corrected chi connectivity index (χ3v) is 6.95. The molecule has 1 nitrogen and oxygen atoms in total. The molecule has 0 amide bonds. The van der Waals surface area contributed by atoms with E-state index in [2.05, 4.69) is 79.7 Å². The molecule has 0 saturated heterocycles. The summed E-state index contributed by atoms with van der Waals surface area (Å²) in [5.74, 6) is 0.762. The fourth-order valence-electron chi connectivity index (χ4n) is 4.98. The van der Waals surface area contributed by atoms with Crippen molar-refractivity contribution in [3.63, 3.8) is 0 Å². The highest BCUT2D eigenvalue weighted by Gasteiger charge is 2.11. The molecule has 0 saturated carbocycles. The highest BCUT2D eigenvalue weighted by Crippen LogP contribution is 2.21. The zero-order valence-electron chi connectivity index (χ0n) is 21.8. The maximum Gasteiger partial charge on any atom is -0.00248 e. The Bertz CT molecular complexity index is 622. The van der Waals surface area contributed by atoms with Crippen LogP contribution in [0.2, 0.25) is 0 Å². The second-order valence-electron chi connectivity index (χ2n) is 10.4. The van der Waals surface area contributed by atoms with Gasteiger partial charge in [0.15, 0.2) is 0 Å². The summed E-state index contributed by atoms with van der Waals surface area (Å²) in [6.07, 6.45) is 22.4. The third kappa shape index (κ3) is 15.0. The number of benzene rings is 2. The van der Waals surface area contributed by atoms with Gasteiger partial charge in [0.25, 0.3) is 0 Å². The molecular weight excluding hydrogens is 398 g/mol. The summed E-state index contributed by atoms with van der Waals surface area (Å²) < 4.78 is 0. The Morgan fingerprint density at radius 2 is 0.848 bits per heavy atom. The minimum atomic E-state index is 0.762. The molecule has 2 aromatic rings. The molecule has 0 fully saturated rings. The molecule has 0 N–H and O–H groups in total. The van der Waals surface area contributed by atoms with Crippen molar-refractivity contribution in [3.8, 4) is 0 Å². The van der Waals surface area contributed by atoms with Crippen molar-refractivity contribution >= 4 is 0 Å². The Kier molecular flexibility index (Phi) is 15.7. The zero-order valence-corrected chi connectivity index (χ0v) is 21.8. The molecule has 0 atom stereocenters. The van der Waals surface area contributed by atoms with Gasteiger partial charge in [0.1, 0.15) is 0 Å². The van der Waals surface area contributed by atoms with Crippen LogP contribution in [-0.2, 0) is 12.8 Å². The first kappa shape index (κ1) is 27.6. The van der Waals surface area contributed by atoms with Crippen molar-refractivity contribution in [2.24, 2.45) is 5.92 Å². The average molecular weight is 450 g/mol. The van der Waals surface area contributed by atoms with Crippen molar-refractivity contribution in [2.45, 2.75) is 103 Å². The molecular formula is C32H51N. The van der Waals surface area contributed by atoms with E-state index in [0.29, 0.717) is 0 Å². The van der Waals surface area contributed by atoms with Crippen LogP contribution in [0.15, 0.2) is 60.7 Å². The molecule has 33 heavy (non-hydrogen) atoms. The smallest absolute Gasteiger partial charge is 0.00248 e. The topological polar surface area (TPSA) is 3.24 Å². The molecule has 0 aliphatic carbocycles. The Morgan fingerprint density at radius 3 is 1.24 bits per heavy atom. The summed E-state index contributed by atoms with van der Waals surface area (Å²) in [5.41, 5.74) is 2.99.